The lowest BCUT2D eigenvalue weighted by Gasteiger charge is -2.18. The van der Waals surface area contributed by atoms with Crippen molar-refractivity contribution in [3.05, 3.63) is 48.0 Å². The maximum absolute atomic E-state index is 13.2. The van der Waals surface area contributed by atoms with Crippen LogP contribution in [0.15, 0.2) is 47.4 Å². The van der Waals surface area contributed by atoms with Gasteiger partial charge in [0.25, 0.3) is 10.0 Å². The van der Waals surface area contributed by atoms with Gasteiger partial charge in [-0.2, -0.15) is 0 Å². The number of carbonyl (C=O) groups excluding carboxylic acids is 1. The van der Waals surface area contributed by atoms with Gasteiger partial charge < -0.3 is 19.5 Å². The summed E-state index contributed by atoms with van der Waals surface area (Å²) in [6.07, 6.45) is 3.36. The predicted octanol–water partition coefficient (Wildman–Crippen LogP) is 2.73. The molecule has 1 amide bonds. The van der Waals surface area contributed by atoms with Crippen LogP contribution in [0.2, 0.25) is 0 Å². The molecule has 1 fully saturated rings. The SMILES string of the molecule is COc1cc(C=CC(=O)O)cc(S(=O)(=O)Nc2cccc(N3CCCC3=O)c2)c1OC. The second kappa shape index (κ2) is 9.09. The van der Waals surface area contributed by atoms with Gasteiger partial charge >= 0.3 is 5.97 Å². The van der Waals surface area contributed by atoms with Crippen LogP contribution in [-0.2, 0) is 19.6 Å². The monoisotopic (exact) mass is 446 g/mol. The molecule has 3 rings (SSSR count). The highest BCUT2D eigenvalue weighted by Crippen LogP contribution is 2.37. The maximum atomic E-state index is 13.2. The number of carboxylic acids is 1. The molecule has 0 aromatic heterocycles. The molecule has 2 N–H and O–H groups in total. The molecule has 2 aromatic carbocycles. The molecule has 0 spiro atoms. The fourth-order valence-corrected chi connectivity index (χ4v) is 4.55. The molecule has 1 saturated heterocycles. The summed E-state index contributed by atoms with van der Waals surface area (Å²) in [6, 6.07) is 9.30. The molecule has 0 radical (unpaired) electrons. The van der Waals surface area contributed by atoms with Gasteiger partial charge in [-0.15, -0.1) is 0 Å². The van der Waals surface area contributed by atoms with Crippen LogP contribution in [0.1, 0.15) is 18.4 Å². The number of sulfonamides is 1. The third-order valence-corrected chi connectivity index (χ3v) is 6.05. The fourth-order valence-electron chi connectivity index (χ4n) is 3.28. The van der Waals surface area contributed by atoms with Gasteiger partial charge in [0.05, 0.1) is 19.9 Å². The zero-order chi connectivity index (χ0) is 22.6. The zero-order valence-corrected chi connectivity index (χ0v) is 17.8. The molecule has 10 heteroatoms. The lowest BCUT2D eigenvalue weighted by Crippen LogP contribution is -2.23. The highest BCUT2D eigenvalue weighted by Gasteiger charge is 2.25. The topological polar surface area (TPSA) is 122 Å². The highest BCUT2D eigenvalue weighted by atomic mass is 32.2. The van der Waals surface area contributed by atoms with E-state index in [2.05, 4.69) is 4.72 Å². The standard InChI is InChI=1S/C21H22N2O7S/c1-29-17-11-14(8-9-20(25)26)12-18(21(17)30-2)31(27,28)22-15-5-3-6-16(13-15)23-10-4-7-19(23)24/h3,5-6,8-9,11-13,22H,4,7,10H2,1-2H3,(H,25,26). The summed E-state index contributed by atoms with van der Waals surface area (Å²) in [4.78, 5) is 24.2. The third-order valence-electron chi connectivity index (χ3n) is 4.66. The van der Waals surface area contributed by atoms with Crippen LogP contribution in [0.5, 0.6) is 11.5 Å². The Kier molecular flexibility index (Phi) is 6.50. The third kappa shape index (κ3) is 4.97. The number of benzene rings is 2. The fraction of sp³-hybridized carbons (Fsp3) is 0.238. The van der Waals surface area contributed by atoms with Crippen LogP contribution < -0.4 is 19.1 Å². The number of anilines is 2. The molecular formula is C21H22N2O7S. The van der Waals surface area contributed by atoms with E-state index in [9.17, 15) is 18.0 Å². The number of amides is 1. The summed E-state index contributed by atoms with van der Waals surface area (Å²) in [5.41, 5.74) is 1.17. The Morgan fingerprint density at radius 1 is 1.19 bits per heavy atom. The summed E-state index contributed by atoms with van der Waals surface area (Å²) in [5, 5.41) is 8.86. The van der Waals surface area contributed by atoms with Crippen molar-refractivity contribution in [3.63, 3.8) is 0 Å². The summed E-state index contributed by atoms with van der Waals surface area (Å²) in [6.45, 7) is 0.581. The molecule has 0 unspecified atom stereocenters. The average molecular weight is 446 g/mol. The van der Waals surface area contributed by atoms with E-state index in [-0.39, 0.29) is 28.0 Å². The van der Waals surface area contributed by atoms with Crippen molar-refractivity contribution in [2.45, 2.75) is 17.7 Å². The van der Waals surface area contributed by atoms with Gasteiger partial charge in [0.1, 0.15) is 4.90 Å². The Labute approximate surface area is 179 Å². The number of ether oxygens (including phenoxy) is 2. The van der Waals surface area contributed by atoms with Crippen molar-refractivity contribution < 1.29 is 32.6 Å². The van der Waals surface area contributed by atoms with Gasteiger partial charge in [0.15, 0.2) is 11.5 Å². The Morgan fingerprint density at radius 2 is 1.97 bits per heavy atom. The van der Waals surface area contributed by atoms with E-state index < -0.39 is 16.0 Å². The van der Waals surface area contributed by atoms with Crippen LogP contribution >= 0.6 is 0 Å². The van der Waals surface area contributed by atoms with Crippen molar-refractivity contribution in [3.8, 4) is 11.5 Å². The summed E-state index contributed by atoms with van der Waals surface area (Å²) < 4.78 is 39.3. The first kappa shape index (κ1) is 22.2. The average Bonchev–Trinajstić information content (AvgIpc) is 3.17. The number of carbonyl (C=O) groups is 2. The minimum atomic E-state index is -4.14. The van der Waals surface area contributed by atoms with Crippen molar-refractivity contribution in [2.24, 2.45) is 0 Å². The molecule has 164 valence electrons. The van der Waals surface area contributed by atoms with Crippen molar-refractivity contribution >= 4 is 39.4 Å². The number of nitrogens with one attached hydrogen (secondary N) is 1. The van der Waals surface area contributed by atoms with Crippen LogP contribution in [0.4, 0.5) is 11.4 Å². The Bertz CT molecular complexity index is 1140. The lowest BCUT2D eigenvalue weighted by atomic mass is 10.2. The van der Waals surface area contributed by atoms with Crippen LogP contribution in [0.25, 0.3) is 6.08 Å². The molecule has 31 heavy (non-hydrogen) atoms. The normalized spacial score (nSPS) is 14.1. The van der Waals surface area contributed by atoms with E-state index in [1.807, 2.05) is 0 Å². The number of hydrogen-bond acceptors (Lipinski definition) is 6. The first-order valence-electron chi connectivity index (χ1n) is 9.35. The Morgan fingerprint density at radius 3 is 2.58 bits per heavy atom. The number of hydrogen-bond donors (Lipinski definition) is 2. The highest BCUT2D eigenvalue weighted by molar-refractivity contribution is 7.92. The predicted molar refractivity (Wildman–Crippen MR) is 115 cm³/mol. The van der Waals surface area contributed by atoms with Gasteiger partial charge in [-0.05, 0) is 48.4 Å². The lowest BCUT2D eigenvalue weighted by molar-refractivity contribution is -0.131. The molecule has 1 aliphatic rings. The zero-order valence-electron chi connectivity index (χ0n) is 17.0. The van der Waals surface area contributed by atoms with Gasteiger partial charge in [0, 0.05) is 24.7 Å². The van der Waals surface area contributed by atoms with Gasteiger partial charge in [-0.1, -0.05) is 6.07 Å². The largest absolute Gasteiger partial charge is 0.493 e. The Hall–Kier alpha value is -3.53. The molecule has 0 aliphatic carbocycles. The number of rotatable bonds is 8. The molecule has 2 aromatic rings. The number of aliphatic carboxylic acids is 1. The second-order valence-electron chi connectivity index (χ2n) is 6.73. The van der Waals surface area contributed by atoms with E-state index >= 15 is 0 Å². The molecule has 0 bridgehead atoms. The molecule has 1 heterocycles. The smallest absolute Gasteiger partial charge is 0.328 e. The van der Waals surface area contributed by atoms with E-state index in [1.165, 1.54) is 32.4 Å². The number of carboxylic acid groups (broad SMARTS) is 1. The minimum absolute atomic E-state index is 0.00988. The number of methoxy groups -OCH3 is 2. The van der Waals surface area contributed by atoms with Gasteiger partial charge in [-0.25, -0.2) is 13.2 Å². The van der Waals surface area contributed by atoms with Crippen LogP contribution in [0, 0.1) is 0 Å². The Balaban J connectivity index is 2.00. The molecule has 1 aliphatic heterocycles. The van der Waals surface area contributed by atoms with Crippen LogP contribution in [-0.4, -0.2) is 46.2 Å². The summed E-state index contributed by atoms with van der Waals surface area (Å²) in [7, 11) is -1.48. The van der Waals surface area contributed by atoms with Crippen molar-refractivity contribution in [1.29, 1.82) is 0 Å². The molecular weight excluding hydrogens is 424 g/mol. The first-order valence-corrected chi connectivity index (χ1v) is 10.8. The maximum Gasteiger partial charge on any atom is 0.328 e. The summed E-state index contributed by atoms with van der Waals surface area (Å²) >= 11 is 0. The van der Waals surface area contributed by atoms with Crippen molar-refractivity contribution in [1.82, 2.24) is 0 Å². The van der Waals surface area contributed by atoms with Crippen molar-refractivity contribution in [2.75, 3.05) is 30.4 Å². The number of nitrogens with zero attached hydrogens (tertiary/aromatic N) is 1. The van der Waals surface area contributed by atoms with E-state index in [1.54, 1.807) is 29.2 Å². The molecule has 0 saturated carbocycles. The summed E-state index contributed by atoms with van der Waals surface area (Å²) in [5.74, 6) is -1.07. The first-order chi connectivity index (χ1) is 14.7. The van der Waals surface area contributed by atoms with E-state index in [0.717, 1.165) is 12.5 Å². The molecule has 0 atom stereocenters. The quantitative estimate of drug-likeness (QED) is 0.598. The molecule has 9 nitrogen and oxygen atoms in total. The van der Waals surface area contributed by atoms with Crippen LogP contribution in [0.3, 0.4) is 0 Å². The second-order valence-corrected chi connectivity index (χ2v) is 8.38. The van der Waals surface area contributed by atoms with Gasteiger partial charge in [-0.3, -0.25) is 9.52 Å². The van der Waals surface area contributed by atoms with Gasteiger partial charge in [0.2, 0.25) is 5.91 Å². The van der Waals surface area contributed by atoms with E-state index in [0.29, 0.717) is 24.2 Å². The van der Waals surface area contributed by atoms with E-state index in [4.69, 9.17) is 14.6 Å². The minimum Gasteiger partial charge on any atom is -0.493 e.